The van der Waals surface area contributed by atoms with E-state index in [0.29, 0.717) is 6.29 Å². The zero-order valence-electron chi connectivity index (χ0n) is 6.19. The van der Waals surface area contributed by atoms with E-state index >= 15 is 0 Å². The van der Waals surface area contributed by atoms with Crippen LogP contribution in [0.25, 0.3) is 0 Å². The highest BCUT2D eigenvalue weighted by molar-refractivity contribution is 5.97. The van der Waals surface area contributed by atoms with Gasteiger partial charge in [0.1, 0.15) is 0 Å². The average molecular weight is 165 g/mol. The van der Waals surface area contributed by atoms with Gasteiger partial charge in [-0.05, 0) is 6.07 Å². The largest absolute Gasteiger partial charge is 0.370 e. The van der Waals surface area contributed by atoms with Crippen molar-refractivity contribution in [2.75, 3.05) is 0 Å². The molecule has 12 heavy (non-hydrogen) atoms. The van der Waals surface area contributed by atoms with E-state index in [-0.39, 0.29) is 11.1 Å². The van der Waals surface area contributed by atoms with Gasteiger partial charge in [0.25, 0.3) is 0 Å². The molecule has 62 valence electrons. The molecule has 1 rings (SSSR count). The normalized spacial score (nSPS) is 9.08. The van der Waals surface area contributed by atoms with Gasteiger partial charge in [-0.3, -0.25) is 4.79 Å². The molecule has 1 aromatic rings. The van der Waals surface area contributed by atoms with Crippen molar-refractivity contribution in [2.24, 2.45) is 5.90 Å². The maximum atomic E-state index is 10.9. The molecule has 0 aliphatic heterocycles. The summed E-state index contributed by atoms with van der Waals surface area (Å²) in [4.78, 5) is 25.3. The molecule has 0 radical (unpaired) electrons. The van der Waals surface area contributed by atoms with Crippen molar-refractivity contribution in [3.63, 3.8) is 0 Å². The Bertz CT molecular complexity index is 309. The van der Waals surface area contributed by atoms with Gasteiger partial charge in [-0.1, -0.05) is 18.2 Å². The molecule has 1 aromatic carbocycles. The lowest BCUT2D eigenvalue weighted by atomic mass is 10.1. The van der Waals surface area contributed by atoms with Gasteiger partial charge < -0.3 is 4.84 Å². The molecule has 0 aliphatic carbocycles. The number of benzene rings is 1. The third kappa shape index (κ3) is 1.49. The Balaban J connectivity index is 3.13. The minimum Gasteiger partial charge on any atom is -0.370 e. The van der Waals surface area contributed by atoms with Crippen LogP contribution in [0.5, 0.6) is 0 Å². The van der Waals surface area contributed by atoms with Gasteiger partial charge in [-0.2, -0.15) is 5.90 Å². The third-order valence-corrected chi connectivity index (χ3v) is 1.41. The molecule has 0 aromatic heterocycles. The predicted octanol–water partition coefficient (Wildman–Crippen LogP) is 0.530. The van der Waals surface area contributed by atoms with Crippen molar-refractivity contribution in [1.82, 2.24) is 0 Å². The average Bonchev–Trinajstić information content (AvgIpc) is 2.16. The second-order valence-electron chi connectivity index (χ2n) is 2.11. The summed E-state index contributed by atoms with van der Waals surface area (Å²) < 4.78 is 0. The summed E-state index contributed by atoms with van der Waals surface area (Å²) in [5, 5.41) is 0. The second kappa shape index (κ2) is 3.64. The molecular weight excluding hydrogens is 158 g/mol. The molecule has 0 unspecified atom stereocenters. The van der Waals surface area contributed by atoms with Crippen molar-refractivity contribution < 1.29 is 14.4 Å². The molecule has 0 heterocycles. The van der Waals surface area contributed by atoms with Crippen LogP contribution in [0.2, 0.25) is 0 Å². The summed E-state index contributed by atoms with van der Waals surface area (Å²) in [5.74, 6) is 3.95. The van der Waals surface area contributed by atoms with E-state index in [1.54, 1.807) is 12.1 Å². The van der Waals surface area contributed by atoms with Crippen molar-refractivity contribution in [3.8, 4) is 0 Å². The van der Waals surface area contributed by atoms with E-state index in [4.69, 9.17) is 0 Å². The quantitative estimate of drug-likeness (QED) is 0.512. The number of carbonyl (C=O) groups excluding carboxylic acids is 2. The summed E-state index contributed by atoms with van der Waals surface area (Å²) in [7, 11) is 0. The van der Waals surface area contributed by atoms with Crippen molar-refractivity contribution in [3.05, 3.63) is 35.4 Å². The Morgan fingerprint density at radius 2 is 2.08 bits per heavy atom. The Labute approximate surface area is 68.9 Å². The number of carbonyl (C=O) groups is 2. The highest BCUT2D eigenvalue weighted by Gasteiger charge is 2.09. The Morgan fingerprint density at radius 1 is 1.42 bits per heavy atom. The molecule has 0 aliphatic rings. The fourth-order valence-corrected chi connectivity index (χ4v) is 0.849. The van der Waals surface area contributed by atoms with E-state index in [0.717, 1.165) is 0 Å². The Morgan fingerprint density at radius 3 is 2.67 bits per heavy atom. The van der Waals surface area contributed by atoms with Crippen LogP contribution in [0.4, 0.5) is 0 Å². The van der Waals surface area contributed by atoms with Gasteiger partial charge in [0, 0.05) is 5.56 Å². The fraction of sp³-hybridized carbons (Fsp3) is 0. The number of nitrogens with two attached hydrogens (primary N) is 1. The smallest absolute Gasteiger partial charge is 0.357 e. The Kier molecular flexibility index (Phi) is 2.55. The lowest BCUT2D eigenvalue weighted by molar-refractivity contribution is 0.0501. The van der Waals surface area contributed by atoms with Crippen molar-refractivity contribution in [2.45, 2.75) is 0 Å². The molecule has 4 nitrogen and oxygen atoms in total. The van der Waals surface area contributed by atoms with Gasteiger partial charge in [0.15, 0.2) is 6.29 Å². The van der Waals surface area contributed by atoms with Gasteiger partial charge in [-0.25, -0.2) is 4.79 Å². The van der Waals surface area contributed by atoms with Crippen LogP contribution in [0.3, 0.4) is 0 Å². The number of hydrogen-bond acceptors (Lipinski definition) is 4. The molecule has 0 spiro atoms. The number of hydrogen-bond donors (Lipinski definition) is 1. The highest BCUT2D eigenvalue weighted by atomic mass is 16.7. The van der Waals surface area contributed by atoms with Crippen LogP contribution in [0.15, 0.2) is 24.3 Å². The standard InChI is InChI=1S/C8H7NO3/c9-12-8(11)7-4-2-1-3-6(7)5-10/h1-5H,9H2. The van der Waals surface area contributed by atoms with Gasteiger partial charge >= 0.3 is 5.97 Å². The van der Waals surface area contributed by atoms with Gasteiger partial charge in [0.2, 0.25) is 0 Å². The van der Waals surface area contributed by atoms with Crippen LogP contribution < -0.4 is 5.90 Å². The molecule has 0 saturated heterocycles. The molecule has 4 heteroatoms. The second-order valence-corrected chi connectivity index (χ2v) is 2.11. The van der Waals surface area contributed by atoms with E-state index in [2.05, 4.69) is 10.7 Å². The maximum Gasteiger partial charge on any atom is 0.357 e. The van der Waals surface area contributed by atoms with Crippen molar-refractivity contribution >= 4 is 12.3 Å². The van der Waals surface area contributed by atoms with Crippen LogP contribution in [0, 0.1) is 0 Å². The highest BCUT2D eigenvalue weighted by Crippen LogP contribution is 2.06. The first-order valence-corrected chi connectivity index (χ1v) is 3.25. The SMILES string of the molecule is NOC(=O)c1ccccc1C=O. The molecular formula is C8H7NO3. The first-order valence-electron chi connectivity index (χ1n) is 3.25. The molecule has 2 N–H and O–H groups in total. The lowest BCUT2D eigenvalue weighted by Gasteiger charge is -1.99. The topological polar surface area (TPSA) is 69.4 Å². The van der Waals surface area contributed by atoms with Gasteiger partial charge in [0.05, 0.1) is 5.56 Å². The first-order chi connectivity index (χ1) is 5.79. The zero-order valence-corrected chi connectivity index (χ0v) is 6.19. The summed E-state index contributed by atoms with van der Waals surface area (Å²) in [6.07, 6.45) is 0.576. The van der Waals surface area contributed by atoms with E-state index in [1.807, 2.05) is 0 Å². The monoisotopic (exact) mass is 165 g/mol. The summed E-state index contributed by atoms with van der Waals surface area (Å²) >= 11 is 0. The molecule has 0 amide bonds. The van der Waals surface area contributed by atoms with Crippen LogP contribution in [0.1, 0.15) is 20.7 Å². The maximum absolute atomic E-state index is 10.9. The molecule has 0 bridgehead atoms. The van der Waals surface area contributed by atoms with E-state index in [9.17, 15) is 9.59 Å². The number of rotatable bonds is 2. The van der Waals surface area contributed by atoms with Crippen LogP contribution in [-0.4, -0.2) is 12.3 Å². The third-order valence-electron chi connectivity index (χ3n) is 1.41. The lowest BCUT2D eigenvalue weighted by Crippen LogP contribution is -2.12. The van der Waals surface area contributed by atoms with E-state index in [1.165, 1.54) is 12.1 Å². The fourth-order valence-electron chi connectivity index (χ4n) is 0.849. The molecule has 0 saturated carbocycles. The van der Waals surface area contributed by atoms with Crippen LogP contribution in [-0.2, 0) is 4.84 Å². The summed E-state index contributed by atoms with van der Waals surface area (Å²) in [5.41, 5.74) is 0.447. The van der Waals surface area contributed by atoms with Crippen molar-refractivity contribution in [1.29, 1.82) is 0 Å². The van der Waals surface area contributed by atoms with Crippen LogP contribution >= 0.6 is 0 Å². The van der Waals surface area contributed by atoms with Gasteiger partial charge in [-0.15, -0.1) is 0 Å². The molecule has 0 atom stereocenters. The number of aldehydes is 1. The minimum atomic E-state index is -0.710. The Hall–Kier alpha value is -1.68. The summed E-state index contributed by atoms with van der Waals surface area (Å²) in [6, 6.07) is 6.26. The minimum absolute atomic E-state index is 0.176. The molecule has 0 fully saturated rings. The predicted molar refractivity (Wildman–Crippen MR) is 41.4 cm³/mol. The first kappa shape index (κ1) is 8.42. The summed E-state index contributed by atoms with van der Waals surface area (Å²) in [6.45, 7) is 0. The van der Waals surface area contributed by atoms with E-state index < -0.39 is 5.97 Å². The zero-order chi connectivity index (χ0) is 8.97.